The van der Waals surface area contributed by atoms with E-state index in [0.717, 1.165) is 50.3 Å². The smallest absolute Gasteiger partial charge is 0.204 e. The molecule has 6 heteroatoms. The minimum absolute atomic E-state index is 0.697. The molecule has 0 amide bonds. The minimum atomic E-state index is 0.697. The average Bonchev–Trinajstić information content (AvgIpc) is 3.22. The third kappa shape index (κ3) is 4.57. The van der Waals surface area contributed by atoms with Gasteiger partial charge in [0.2, 0.25) is 5.82 Å². The number of ether oxygens (including phenoxy) is 1. The van der Waals surface area contributed by atoms with Gasteiger partial charge in [0.05, 0.1) is 13.7 Å². The first kappa shape index (κ1) is 18.6. The van der Waals surface area contributed by atoms with Crippen molar-refractivity contribution < 1.29 is 4.74 Å². The van der Waals surface area contributed by atoms with Crippen molar-refractivity contribution in [2.45, 2.75) is 38.8 Å². The molecule has 0 saturated carbocycles. The predicted molar refractivity (Wildman–Crippen MR) is 109 cm³/mol. The molecule has 2 heterocycles. The molecule has 0 radical (unpaired) electrons. The fraction of sp³-hybridized carbons (Fsp3) is 0.409. The van der Waals surface area contributed by atoms with E-state index in [1.54, 1.807) is 11.9 Å². The van der Waals surface area contributed by atoms with Crippen molar-refractivity contribution >= 4 is 0 Å². The van der Waals surface area contributed by atoms with Crippen LogP contribution in [0.15, 0.2) is 48.5 Å². The molecule has 0 unspecified atom stereocenters. The minimum Gasteiger partial charge on any atom is -0.497 e. The second kappa shape index (κ2) is 8.97. The predicted octanol–water partition coefficient (Wildman–Crippen LogP) is 3.58. The van der Waals surface area contributed by atoms with Gasteiger partial charge < -0.3 is 4.74 Å². The van der Waals surface area contributed by atoms with Crippen LogP contribution >= 0.6 is 0 Å². The summed E-state index contributed by atoms with van der Waals surface area (Å²) in [5.41, 5.74) is 3.88. The fourth-order valence-corrected chi connectivity index (χ4v) is 3.72. The number of aryl methyl sites for hydroxylation is 1. The summed E-state index contributed by atoms with van der Waals surface area (Å²) in [5.74, 6) is 1.65. The topological polar surface area (TPSA) is 56.1 Å². The highest BCUT2D eigenvalue weighted by atomic mass is 16.5. The van der Waals surface area contributed by atoms with Crippen LogP contribution in [0.25, 0.3) is 11.4 Å². The molecule has 6 nitrogen and oxygen atoms in total. The van der Waals surface area contributed by atoms with Crippen LogP contribution in [0.3, 0.4) is 0 Å². The maximum Gasteiger partial charge on any atom is 0.204 e. The second-order valence-electron chi connectivity index (χ2n) is 7.30. The monoisotopic (exact) mass is 377 g/mol. The Labute approximate surface area is 166 Å². The summed E-state index contributed by atoms with van der Waals surface area (Å²) in [4.78, 5) is 4.26. The number of aromatic nitrogens is 4. The maximum absolute atomic E-state index is 5.36. The number of rotatable bonds is 8. The van der Waals surface area contributed by atoms with E-state index in [1.807, 2.05) is 30.3 Å². The lowest BCUT2D eigenvalue weighted by molar-refractivity contribution is 0.246. The van der Waals surface area contributed by atoms with Crippen LogP contribution in [0.1, 0.15) is 30.4 Å². The van der Waals surface area contributed by atoms with Gasteiger partial charge in [0.25, 0.3) is 0 Å². The molecular weight excluding hydrogens is 350 g/mol. The molecule has 28 heavy (non-hydrogen) atoms. The molecule has 0 bridgehead atoms. The van der Waals surface area contributed by atoms with E-state index in [-0.39, 0.29) is 0 Å². The number of unbranched alkanes of at least 4 members (excludes halogenated alkanes) is 2. The first-order valence-corrected chi connectivity index (χ1v) is 10.0. The Morgan fingerprint density at radius 2 is 1.82 bits per heavy atom. The summed E-state index contributed by atoms with van der Waals surface area (Å²) in [6.45, 7) is 4.12. The molecule has 3 aromatic rings. The third-order valence-electron chi connectivity index (χ3n) is 5.32. The number of methoxy groups -OCH3 is 1. The lowest BCUT2D eigenvalue weighted by atomic mass is 9.99. The Hall–Kier alpha value is -2.73. The van der Waals surface area contributed by atoms with Crippen molar-refractivity contribution in [2.24, 2.45) is 0 Å². The van der Waals surface area contributed by atoms with E-state index in [9.17, 15) is 0 Å². The molecule has 1 aliphatic heterocycles. The van der Waals surface area contributed by atoms with Gasteiger partial charge in [0.15, 0.2) is 0 Å². The Morgan fingerprint density at radius 3 is 2.68 bits per heavy atom. The molecule has 1 aromatic heterocycles. The second-order valence-corrected chi connectivity index (χ2v) is 7.30. The van der Waals surface area contributed by atoms with Crippen LogP contribution in [0.4, 0.5) is 0 Å². The number of tetrazole rings is 1. The Kier molecular flexibility index (Phi) is 5.97. The van der Waals surface area contributed by atoms with Crippen LogP contribution in [0.2, 0.25) is 0 Å². The van der Waals surface area contributed by atoms with E-state index in [0.29, 0.717) is 5.82 Å². The van der Waals surface area contributed by atoms with Crippen LogP contribution in [-0.4, -0.2) is 45.3 Å². The fourth-order valence-electron chi connectivity index (χ4n) is 3.72. The standard InChI is InChI=1S/C22H27N5O/c1-28-21-11-10-18-12-15-26(17-20(18)16-21)13-6-3-7-14-27-24-22(23-25-27)19-8-4-2-5-9-19/h2,4-5,8-11,16H,3,6-7,12-15,17H2,1H3. The average molecular weight is 377 g/mol. The van der Waals surface area contributed by atoms with E-state index >= 15 is 0 Å². The summed E-state index contributed by atoms with van der Waals surface area (Å²) in [6.07, 6.45) is 4.57. The Bertz CT molecular complexity index is 893. The molecule has 4 rings (SSSR count). The third-order valence-corrected chi connectivity index (χ3v) is 5.32. The highest BCUT2D eigenvalue weighted by Gasteiger charge is 2.16. The highest BCUT2D eigenvalue weighted by Crippen LogP contribution is 2.24. The normalized spacial score (nSPS) is 14.0. The van der Waals surface area contributed by atoms with Crippen molar-refractivity contribution in [3.63, 3.8) is 0 Å². The van der Waals surface area contributed by atoms with E-state index in [2.05, 4.69) is 38.5 Å². The number of fused-ring (bicyclic) bond motifs is 1. The van der Waals surface area contributed by atoms with E-state index in [4.69, 9.17) is 4.74 Å². The molecule has 1 aliphatic rings. The molecule has 146 valence electrons. The van der Waals surface area contributed by atoms with Crippen molar-refractivity contribution in [1.82, 2.24) is 25.1 Å². The van der Waals surface area contributed by atoms with Crippen LogP contribution < -0.4 is 4.74 Å². The molecule has 0 N–H and O–H groups in total. The van der Waals surface area contributed by atoms with Gasteiger partial charge in [-0.2, -0.15) is 4.80 Å². The van der Waals surface area contributed by atoms with Crippen molar-refractivity contribution in [3.8, 4) is 17.1 Å². The maximum atomic E-state index is 5.36. The van der Waals surface area contributed by atoms with E-state index < -0.39 is 0 Å². The first-order chi connectivity index (χ1) is 13.8. The summed E-state index contributed by atoms with van der Waals surface area (Å²) >= 11 is 0. The zero-order valence-corrected chi connectivity index (χ0v) is 16.4. The zero-order chi connectivity index (χ0) is 19.2. The zero-order valence-electron chi connectivity index (χ0n) is 16.4. The summed E-state index contributed by atoms with van der Waals surface area (Å²) in [5, 5.41) is 12.8. The van der Waals surface area contributed by atoms with Gasteiger partial charge in [-0.15, -0.1) is 10.2 Å². The molecular formula is C22H27N5O. The lowest BCUT2D eigenvalue weighted by Crippen LogP contribution is -2.31. The van der Waals surface area contributed by atoms with Crippen LogP contribution in [-0.2, 0) is 19.5 Å². The Morgan fingerprint density at radius 1 is 0.964 bits per heavy atom. The van der Waals surface area contributed by atoms with Gasteiger partial charge in [-0.05, 0) is 54.3 Å². The molecule has 0 aliphatic carbocycles. The summed E-state index contributed by atoms with van der Waals surface area (Å²) in [6, 6.07) is 16.4. The Balaban J connectivity index is 1.19. The SMILES string of the molecule is COc1ccc2c(c1)CN(CCCCCn1nnc(-c3ccccc3)n1)CC2. The van der Waals surface area contributed by atoms with E-state index in [1.165, 1.54) is 24.0 Å². The summed E-state index contributed by atoms with van der Waals surface area (Å²) < 4.78 is 5.36. The van der Waals surface area contributed by atoms with Gasteiger partial charge in [0, 0.05) is 18.7 Å². The molecule has 2 aromatic carbocycles. The van der Waals surface area contributed by atoms with Crippen molar-refractivity contribution in [1.29, 1.82) is 0 Å². The van der Waals surface area contributed by atoms with Gasteiger partial charge in [-0.1, -0.05) is 42.8 Å². The van der Waals surface area contributed by atoms with Gasteiger partial charge in [-0.25, -0.2) is 0 Å². The highest BCUT2D eigenvalue weighted by molar-refractivity contribution is 5.52. The van der Waals surface area contributed by atoms with Crippen molar-refractivity contribution in [3.05, 3.63) is 59.7 Å². The molecule has 0 fully saturated rings. The first-order valence-electron chi connectivity index (χ1n) is 10.0. The molecule has 0 saturated heterocycles. The van der Waals surface area contributed by atoms with Crippen molar-refractivity contribution in [2.75, 3.05) is 20.2 Å². The number of nitrogens with zero attached hydrogens (tertiary/aromatic N) is 5. The molecule has 0 atom stereocenters. The van der Waals surface area contributed by atoms with Gasteiger partial charge >= 0.3 is 0 Å². The number of hydrogen-bond donors (Lipinski definition) is 0. The summed E-state index contributed by atoms with van der Waals surface area (Å²) in [7, 11) is 1.73. The largest absolute Gasteiger partial charge is 0.497 e. The van der Waals surface area contributed by atoms with Crippen LogP contribution in [0, 0.1) is 0 Å². The number of benzene rings is 2. The van der Waals surface area contributed by atoms with Gasteiger partial charge in [0.1, 0.15) is 5.75 Å². The lowest BCUT2D eigenvalue weighted by Gasteiger charge is -2.29. The number of hydrogen-bond acceptors (Lipinski definition) is 5. The molecule has 0 spiro atoms. The van der Waals surface area contributed by atoms with Gasteiger partial charge in [-0.3, -0.25) is 4.90 Å². The van der Waals surface area contributed by atoms with Crippen LogP contribution in [0.5, 0.6) is 5.75 Å². The quantitative estimate of drug-likeness (QED) is 0.562.